The highest BCUT2D eigenvalue weighted by Crippen LogP contribution is 2.57. The Bertz CT molecular complexity index is 1360. The van der Waals surface area contributed by atoms with Crippen LogP contribution >= 0.6 is 0 Å². The Morgan fingerprint density at radius 3 is 1.84 bits per heavy atom. The maximum Gasteiger partial charge on any atom is 0.339 e. The zero-order chi connectivity index (χ0) is 25.7. The second-order valence-electron chi connectivity index (χ2n) is 8.83. The maximum absolute atomic E-state index is 13.8. The van der Waals surface area contributed by atoms with Crippen molar-refractivity contribution in [1.82, 2.24) is 5.01 Å². The fourth-order valence-corrected chi connectivity index (χ4v) is 5.24. The van der Waals surface area contributed by atoms with E-state index in [0.717, 1.165) is 22.3 Å². The van der Waals surface area contributed by atoms with E-state index in [1.54, 1.807) is 18.1 Å². The molecule has 1 aliphatic heterocycles. The van der Waals surface area contributed by atoms with Crippen LogP contribution in [0.2, 0.25) is 0 Å². The van der Waals surface area contributed by atoms with E-state index in [1.165, 1.54) is 0 Å². The average Bonchev–Trinajstić information content (AvgIpc) is 3.23. The minimum atomic E-state index is -0.978. The van der Waals surface area contributed by atoms with Crippen molar-refractivity contribution in [2.45, 2.75) is 18.4 Å². The summed E-state index contributed by atoms with van der Waals surface area (Å²) >= 11 is 0. The summed E-state index contributed by atoms with van der Waals surface area (Å²) < 4.78 is 5.63. The second-order valence-corrected chi connectivity index (χ2v) is 8.83. The monoisotopic (exact) mass is 487 g/mol. The summed E-state index contributed by atoms with van der Waals surface area (Å²) in [5.74, 6) is -0.182. The van der Waals surface area contributed by atoms with Crippen molar-refractivity contribution < 1.29 is 9.53 Å². The van der Waals surface area contributed by atoms with Crippen LogP contribution < -0.4 is 5.73 Å². The molecule has 0 radical (unpaired) electrons. The highest BCUT2D eigenvalue weighted by Gasteiger charge is 2.58. The molecule has 0 aliphatic carbocycles. The van der Waals surface area contributed by atoms with Crippen LogP contribution in [0.15, 0.2) is 138 Å². The number of esters is 1. The van der Waals surface area contributed by atoms with E-state index in [0.29, 0.717) is 5.57 Å². The fourth-order valence-electron chi connectivity index (χ4n) is 5.24. The molecule has 5 rings (SSSR count). The van der Waals surface area contributed by atoms with Gasteiger partial charge in [-0.25, -0.2) is 9.80 Å². The summed E-state index contributed by atoms with van der Waals surface area (Å²) in [5, 5.41) is 6.66. The van der Waals surface area contributed by atoms with Gasteiger partial charge in [0.25, 0.3) is 0 Å². The summed E-state index contributed by atoms with van der Waals surface area (Å²) in [5.41, 5.74) is 10.1. The molecule has 37 heavy (non-hydrogen) atoms. The molecule has 1 atom stereocenters. The normalized spacial score (nSPS) is 16.8. The summed E-state index contributed by atoms with van der Waals surface area (Å²) in [4.78, 5) is 13.8. The van der Waals surface area contributed by atoms with E-state index in [2.05, 4.69) is 12.1 Å². The van der Waals surface area contributed by atoms with Crippen LogP contribution in [0.5, 0.6) is 0 Å². The molecule has 4 aromatic rings. The minimum absolute atomic E-state index is 0.235. The van der Waals surface area contributed by atoms with Crippen LogP contribution in [0.25, 0.3) is 0 Å². The Morgan fingerprint density at radius 1 is 0.838 bits per heavy atom. The summed E-state index contributed by atoms with van der Waals surface area (Å²) in [6.07, 6.45) is 1.78. The first kappa shape index (κ1) is 24.1. The van der Waals surface area contributed by atoms with Gasteiger partial charge in [0, 0.05) is 0 Å². The molecule has 0 spiro atoms. The molecule has 1 heterocycles. The third-order valence-electron chi connectivity index (χ3n) is 6.74. The van der Waals surface area contributed by atoms with Crippen LogP contribution in [-0.4, -0.2) is 23.8 Å². The highest BCUT2D eigenvalue weighted by molar-refractivity contribution is 5.95. The lowest BCUT2D eigenvalue weighted by molar-refractivity contribution is -0.139. The first-order valence-corrected chi connectivity index (χ1v) is 12.4. The number of rotatable bonds is 7. The lowest BCUT2D eigenvalue weighted by Crippen LogP contribution is -2.40. The second kappa shape index (κ2) is 10.5. The molecule has 0 saturated heterocycles. The van der Waals surface area contributed by atoms with Gasteiger partial charge in [-0.2, -0.15) is 5.10 Å². The van der Waals surface area contributed by atoms with Crippen molar-refractivity contribution >= 4 is 12.2 Å². The van der Waals surface area contributed by atoms with Crippen LogP contribution in [0.3, 0.4) is 0 Å². The number of hydrazone groups is 1. The molecule has 184 valence electrons. The topological polar surface area (TPSA) is 67.9 Å². The molecule has 0 amide bonds. The summed E-state index contributed by atoms with van der Waals surface area (Å²) in [6, 6.07) is 39.5. The number of carbonyl (C=O) groups excluding carboxylic acids is 1. The lowest BCUT2D eigenvalue weighted by atomic mass is 9.64. The lowest BCUT2D eigenvalue weighted by Gasteiger charge is -2.40. The van der Waals surface area contributed by atoms with E-state index >= 15 is 0 Å². The average molecular weight is 488 g/mol. The quantitative estimate of drug-likeness (QED) is 0.264. The molecular formula is C32H29N3O2. The van der Waals surface area contributed by atoms with E-state index < -0.39 is 17.4 Å². The number of hydrogen-bond acceptors (Lipinski definition) is 5. The van der Waals surface area contributed by atoms with Gasteiger partial charge in [-0.3, -0.25) is 0 Å². The zero-order valence-electron chi connectivity index (χ0n) is 20.7. The van der Waals surface area contributed by atoms with Gasteiger partial charge in [-0.15, -0.1) is 0 Å². The fraction of sp³-hybridized carbons (Fsp3) is 0.125. The van der Waals surface area contributed by atoms with Crippen LogP contribution in [-0.2, 0) is 14.9 Å². The van der Waals surface area contributed by atoms with Crippen molar-refractivity contribution in [3.8, 4) is 0 Å². The smallest absolute Gasteiger partial charge is 0.339 e. The van der Waals surface area contributed by atoms with Crippen molar-refractivity contribution in [3.63, 3.8) is 0 Å². The van der Waals surface area contributed by atoms with Gasteiger partial charge in [-0.1, -0.05) is 121 Å². The van der Waals surface area contributed by atoms with Crippen LogP contribution in [0.1, 0.15) is 35.2 Å². The molecule has 1 aliphatic rings. The van der Waals surface area contributed by atoms with Gasteiger partial charge in [0.05, 0.1) is 29.9 Å². The Kier molecular flexibility index (Phi) is 6.86. The first-order chi connectivity index (χ1) is 18.2. The molecule has 0 aromatic heterocycles. The molecule has 0 fully saturated rings. The number of nitrogens with zero attached hydrogens (tertiary/aromatic N) is 2. The van der Waals surface area contributed by atoms with E-state index in [9.17, 15) is 4.79 Å². The number of benzene rings is 4. The van der Waals surface area contributed by atoms with Crippen LogP contribution in [0, 0.1) is 0 Å². The van der Waals surface area contributed by atoms with Crippen LogP contribution in [0.4, 0.5) is 0 Å². The maximum atomic E-state index is 13.8. The predicted octanol–water partition coefficient (Wildman–Crippen LogP) is 5.80. The zero-order valence-corrected chi connectivity index (χ0v) is 20.7. The van der Waals surface area contributed by atoms with Crippen molar-refractivity contribution in [1.29, 1.82) is 0 Å². The SMILES string of the molecule is CCOC(=O)C1=C(N)N(/N=C/c2ccccc2)C(c2ccccc2)C1(c1ccccc1)c1ccccc1. The largest absolute Gasteiger partial charge is 0.462 e. The molecule has 0 saturated carbocycles. The van der Waals surface area contributed by atoms with E-state index in [4.69, 9.17) is 15.6 Å². The van der Waals surface area contributed by atoms with Gasteiger partial charge in [-0.05, 0) is 29.2 Å². The summed E-state index contributed by atoms with van der Waals surface area (Å²) in [7, 11) is 0. The number of hydrogen-bond donors (Lipinski definition) is 1. The van der Waals surface area contributed by atoms with Crippen molar-refractivity contribution in [3.05, 3.63) is 155 Å². The van der Waals surface area contributed by atoms with Crippen molar-refractivity contribution in [2.75, 3.05) is 6.61 Å². The van der Waals surface area contributed by atoms with Gasteiger partial charge in [0.1, 0.15) is 5.82 Å². The third-order valence-corrected chi connectivity index (χ3v) is 6.74. The number of carbonyl (C=O) groups is 1. The molecule has 2 N–H and O–H groups in total. The van der Waals surface area contributed by atoms with Gasteiger partial charge in [0.15, 0.2) is 0 Å². The summed E-state index contributed by atoms with van der Waals surface area (Å²) in [6.45, 7) is 2.04. The molecule has 1 unspecified atom stereocenters. The Hall–Kier alpha value is -4.64. The Morgan fingerprint density at radius 2 is 1.32 bits per heavy atom. The molecule has 4 aromatic carbocycles. The molecule has 0 bridgehead atoms. The van der Waals surface area contributed by atoms with Gasteiger partial charge in [0.2, 0.25) is 0 Å². The highest BCUT2D eigenvalue weighted by atomic mass is 16.5. The number of nitrogens with two attached hydrogens (primary N) is 1. The van der Waals surface area contributed by atoms with E-state index in [1.807, 2.05) is 109 Å². The first-order valence-electron chi connectivity index (χ1n) is 12.4. The van der Waals surface area contributed by atoms with Gasteiger partial charge >= 0.3 is 5.97 Å². The molecule has 5 heteroatoms. The number of ether oxygens (including phenoxy) is 1. The Labute approximate surface area is 217 Å². The standard InChI is InChI=1S/C32H29N3O2/c1-2-37-31(36)28-30(33)35(34-23-24-15-7-3-8-16-24)29(25-17-9-4-10-18-25)32(28,26-19-11-5-12-20-26)27-21-13-6-14-22-27/h3-23,29H,2,33H2,1H3/b34-23+. The van der Waals surface area contributed by atoms with Gasteiger partial charge < -0.3 is 10.5 Å². The minimum Gasteiger partial charge on any atom is -0.462 e. The molecular weight excluding hydrogens is 458 g/mol. The van der Waals surface area contributed by atoms with Crippen molar-refractivity contribution in [2.24, 2.45) is 10.8 Å². The molecule has 5 nitrogen and oxygen atoms in total. The predicted molar refractivity (Wildman–Crippen MR) is 147 cm³/mol. The Balaban J connectivity index is 1.85. The third kappa shape index (κ3) is 4.29. The van der Waals surface area contributed by atoms with E-state index in [-0.39, 0.29) is 12.4 Å².